The molecule has 0 radical (unpaired) electrons. The van der Waals surface area contributed by atoms with Gasteiger partial charge in [0.25, 0.3) is 0 Å². The molecule has 0 saturated heterocycles. The number of aromatic nitrogens is 2. The van der Waals surface area contributed by atoms with E-state index in [0.29, 0.717) is 0 Å². The molecule has 0 aliphatic rings. The highest BCUT2D eigenvalue weighted by Gasteiger charge is 2.33. The zero-order valence-corrected chi connectivity index (χ0v) is 7.10. The van der Waals surface area contributed by atoms with E-state index in [0.717, 1.165) is 12.4 Å². The molecule has 0 saturated carbocycles. The lowest BCUT2D eigenvalue weighted by molar-refractivity contribution is -0.275. The Hall–Kier alpha value is -1.79. The smallest absolute Gasteiger partial charge is 0.400 e. The Morgan fingerprint density at radius 1 is 1.27 bits per heavy atom. The Bertz CT molecular complexity index is 491. The van der Waals surface area contributed by atoms with Gasteiger partial charge in [-0.25, -0.2) is 9.37 Å². The lowest BCUT2D eigenvalue weighted by Gasteiger charge is -2.09. The third-order valence-corrected chi connectivity index (χ3v) is 1.71. The molecule has 2 rings (SSSR count). The summed E-state index contributed by atoms with van der Waals surface area (Å²) in [4.78, 5) is 6.09. The van der Waals surface area contributed by atoms with Crippen molar-refractivity contribution in [3.8, 4) is 5.75 Å². The van der Waals surface area contributed by atoms with Gasteiger partial charge in [-0.05, 0) is 12.1 Å². The SMILES string of the molecule is Fc1ccc2[nH]cnc2c1OC(F)(F)F. The number of H-pyrrole nitrogens is 1. The van der Waals surface area contributed by atoms with Crippen LogP contribution in [0.15, 0.2) is 18.5 Å². The number of nitrogens with zero attached hydrogens (tertiary/aromatic N) is 1. The van der Waals surface area contributed by atoms with Crippen LogP contribution >= 0.6 is 0 Å². The Kier molecular flexibility index (Phi) is 2.02. The second kappa shape index (κ2) is 3.11. The third kappa shape index (κ3) is 1.85. The van der Waals surface area contributed by atoms with Crippen molar-refractivity contribution in [2.45, 2.75) is 6.36 Å². The lowest BCUT2D eigenvalue weighted by atomic mass is 10.3. The van der Waals surface area contributed by atoms with Crippen molar-refractivity contribution in [1.29, 1.82) is 0 Å². The fourth-order valence-electron chi connectivity index (χ4n) is 1.17. The number of nitrogens with one attached hydrogen (secondary N) is 1. The van der Waals surface area contributed by atoms with Crippen LogP contribution < -0.4 is 4.74 Å². The lowest BCUT2D eigenvalue weighted by Crippen LogP contribution is -2.18. The van der Waals surface area contributed by atoms with Gasteiger partial charge in [-0.2, -0.15) is 0 Å². The van der Waals surface area contributed by atoms with E-state index in [2.05, 4.69) is 14.7 Å². The minimum atomic E-state index is -4.94. The van der Waals surface area contributed by atoms with Crippen LogP contribution in [0, 0.1) is 5.82 Å². The number of aromatic amines is 1. The zero-order valence-electron chi connectivity index (χ0n) is 7.10. The Labute approximate surface area is 80.7 Å². The van der Waals surface area contributed by atoms with Gasteiger partial charge < -0.3 is 9.72 Å². The summed E-state index contributed by atoms with van der Waals surface area (Å²) in [5, 5.41) is 0. The molecular formula is C8H4F4N2O. The third-order valence-electron chi connectivity index (χ3n) is 1.71. The van der Waals surface area contributed by atoms with E-state index in [-0.39, 0.29) is 11.0 Å². The van der Waals surface area contributed by atoms with Gasteiger partial charge in [0.2, 0.25) is 0 Å². The predicted octanol–water partition coefficient (Wildman–Crippen LogP) is 2.60. The molecule has 1 aromatic carbocycles. The molecule has 0 fully saturated rings. The molecule has 1 aromatic heterocycles. The minimum Gasteiger partial charge on any atom is -0.400 e. The zero-order chi connectivity index (χ0) is 11.1. The minimum absolute atomic E-state index is 0.188. The van der Waals surface area contributed by atoms with E-state index in [1.807, 2.05) is 0 Å². The van der Waals surface area contributed by atoms with Crippen LogP contribution in [0.1, 0.15) is 0 Å². The van der Waals surface area contributed by atoms with Gasteiger partial charge in [0.1, 0.15) is 5.52 Å². The summed E-state index contributed by atoms with van der Waals surface area (Å²) in [7, 11) is 0. The largest absolute Gasteiger partial charge is 0.573 e. The highest BCUT2D eigenvalue weighted by Crippen LogP contribution is 2.31. The van der Waals surface area contributed by atoms with E-state index in [4.69, 9.17) is 0 Å². The van der Waals surface area contributed by atoms with Crippen molar-refractivity contribution >= 4 is 11.0 Å². The van der Waals surface area contributed by atoms with Crippen LogP contribution in [0.3, 0.4) is 0 Å². The number of benzene rings is 1. The number of halogens is 4. The number of imidazole rings is 1. The normalized spacial score (nSPS) is 12.0. The molecule has 0 atom stereocenters. The first kappa shape index (κ1) is 9.75. The number of ether oxygens (including phenoxy) is 1. The second-order valence-corrected chi connectivity index (χ2v) is 2.72. The molecule has 15 heavy (non-hydrogen) atoms. The number of rotatable bonds is 1. The van der Waals surface area contributed by atoms with E-state index >= 15 is 0 Å². The molecule has 0 aliphatic carbocycles. The van der Waals surface area contributed by atoms with Crippen LogP contribution in [0.25, 0.3) is 11.0 Å². The van der Waals surface area contributed by atoms with Crippen molar-refractivity contribution in [2.75, 3.05) is 0 Å². The molecule has 1 heterocycles. The van der Waals surface area contributed by atoms with Crippen LogP contribution in [0.4, 0.5) is 17.6 Å². The quantitative estimate of drug-likeness (QED) is 0.750. The molecule has 0 unspecified atom stereocenters. The summed E-state index contributed by atoms with van der Waals surface area (Å²) in [5.41, 5.74) is 0.0861. The highest BCUT2D eigenvalue weighted by atomic mass is 19.4. The Morgan fingerprint density at radius 2 is 2.00 bits per heavy atom. The first-order valence-corrected chi connectivity index (χ1v) is 3.85. The summed E-state index contributed by atoms with van der Waals surface area (Å²) in [6.45, 7) is 0. The van der Waals surface area contributed by atoms with Gasteiger partial charge in [-0.1, -0.05) is 0 Å². The molecule has 0 spiro atoms. The van der Waals surface area contributed by atoms with Crippen molar-refractivity contribution in [1.82, 2.24) is 9.97 Å². The molecule has 0 bridgehead atoms. The average Bonchev–Trinajstić information content (AvgIpc) is 2.56. The molecule has 7 heteroatoms. The first-order chi connectivity index (χ1) is 6.97. The molecule has 2 aromatic rings. The standard InChI is InChI=1S/C8H4F4N2O/c9-4-1-2-5-6(14-3-13-5)7(4)15-8(10,11)12/h1-3H,(H,13,14). The number of alkyl halides is 3. The maximum Gasteiger partial charge on any atom is 0.573 e. The van der Waals surface area contributed by atoms with Crippen molar-refractivity contribution in [3.05, 3.63) is 24.3 Å². The summed E-state index contributed by atoms with van der Waals surface area (Å²) in [6.07, 6.45) is -3.78. The maximum atomic E-state index is 13.0. The summed E-state index contributed by atoms with van der Waals surface area (Å²) in [5.74, 6) is -2.02. The summed E-state index contributed by atoms with van der Waals surface area (Å²) in [6, 6.07) is 2.16. The Balaban J connectivity index is 2.56. The Morgan fingerprint density at radius 3 is 2.67 bits per heavy atom. The molecular weight excluding hydrogens is 216 g/mol. The molecule has 0 aliphatic heterocycles. The van der Waals surface area contributed by atoms with E-state index in [1.165, 1.54) is 6.07 Å². The second-order valence-electron chi connectivity index (χ2n) is 2.72. The van der Waals surface area contributed by atoms with Gasteiger partial charge in [0.05, 0.1) is 11.8 Å². The molecule has 3 nitrogen and oxygen atoms in total. The summed E-state index contributed by atoms with van der Waals surface area (Å²) >= 11 is 0. The van der Waals surface area contributed by atoms with Gasteiger partial charge in [0, 0.05) is 0 Å². The van der Waals surface area contributed by atoms with Crippen LogP contribution in [0.5, 0.6) is 5.75 Å². The highest BCUT2D eigenvalue weighted by molar-refractivity contribution is 5.81. The average molecular weight is 220 g/mol. The summed E-state index contributed by atoms with van der Waals surface area (Å²) < 4.78 is 52.4. The van der Waals surface area contributed by atoms with Crippen LogP contribution in [-0.4, -0.2) is 16.3 Å². The monoisotopic (exact) mass is 220 g/mol. The van der Waals surface area contributed by atoms with Crippen molar-refractivity contribution in [3.63, 3.8) is 0 Å². The van der Waals surface area contributed by atoms with Crippen LogP contribution in [0.2, 0.25) is 0 Å². The van der Waals surface area contributed by atoms with Crippen LogP contribution in [-0.2, 0) is 0 Å². The first-order valence-electron chi connectivity index (χ1n) is 3.85. The predicted molar refractivity (Wildman–Crippen MR) is 42.7 cm³/mol. The maximum absolute atomic E-state index is 13.0. The fourth-order valence-corrected chi connectivity index (χ4v) is 1.17. The molecule has 1 N–H and O–H groups in total. The van der Waals surface area contributed by atoms with Crippen molar-refractivity contribution < 1.29 is 22.3 Å². The number of hydrogen-bond acceptors (Lipinski definition) is 2. The van der Waals surface area contributed by atoms with Gasteiger partial charge in [0.15, 0.2) is 11.6 Å². The van der Waals surface area contributed by atoms with Crippen molar-refractivity contribution in [2.24, 2.45) is 0 Å². The van der Waals surface area contributed by atoms with Gasteiger partial charge in [-0.15, -0.1) is 13.2 Å². The number of hydrogen-bond donors (Lipinski definition) is 1. The van der Waals surface area contributed by atoms with Gasteiger partial charge in [-0.3, -0.25) is 0 Å². The van der Waals surface area contributed by atoms with E-state index < -0.39 is 17.9 Å². The molecule has 0 amide bonds. The fraction of sp³-hybridized carbons (Fsp3) is 0.125. The van der Waals surface area contributed by atoms with E-state index in [9.17, 15) is 17.6 Å². The van der Waals surface area contributed by atoms with Gasteiger partial charge >= 0.3 is 6.36 Å². The topological polar surface area (TPSA) is 37.9 Å². The van der Waals surface area contributed by atoms with E-state index in [1.54, 1.807) is 0 Å². The molecule has 80 valence electrons. The number of fused-ring (bicyclic) bond motifs is 1.